The maximum absolute atomic E-state index is 11.9. The Morgan fingerprint density at radius 3 is 2.43 bits per heavy atom. The van der Waals surface area contributed by atoms with E-state index < -0.39 is 10.9 Å². The van der Waals surface area contributed by atoms with Crippen LogP contribution in [0.15, 0.2) is 36.4 Å². The largest absolute Gasteiger partial charge is 0.462 e. The first-order valence-electron chi connectivity index (χ1n) is 6.51. The number of ether oxygens (including phenoxy) is 2. The van der Waals surface area contributed by atoms with E-state index in [0.717, 1.165) is 6.07 Å². The second-order valence-corrected chi connectivity index (χ2v) is 5.12. The van der Waals surface area contributed by atoms with Crippen molar-refractivity contribution in [3.05, 3.63) is 62.1 Å². The van der Waals surface area contributed by atoms with Gasteiger partial charge in [-0.05, 0) is 25.1 Å². The van der Waals surface area contributed by atoms with Gasteiger partial charge in [-0.2, -0.15) is 0 Å². The Bertz CT molecular complexity index is 743. The molecule has 0 fully saturated rings. The lowest BCUT2D eigenvalue weighted by Crippen LogP contribution is -2.08. The molecule has 0 radical (unpaired) electrons. The molecule has 0 aliphatic carbocycles. The first-order valence-corrected chi connectivity index (χ1v) is 7.27. The molecule has 0 aliphatic rings. The topological polar surface area (TPSA) is 78.7 Å². The van der Waals surface area contributed by atoms with Crippen molar-refractivity contribution < 1.29 is 19.2 Å². The van der Waals surface area contributed by atoms with E-state index in [1.165, 1.54) is 12.1 Å². The minimum atomic E-state index is -0.810. The fourth-order valence-electron chi connectivity index (χ4n) is 1.81. The number of hydrogen-bond acceptors (Lipinski definition) is 5. The number of benzene rings is 2. The van der Waals surface area contributed by atoms with Crippen LogP contribution in [0.2, 0.25) is 10.0 Å². The zero-order valence-electron chi connectivity index (χ0n) is 11.9. The average Bonchev–Trinajstić information content (AvgIpc) is 2.51. The molecule has 2 rings (SSSR count). The Morgan fingerprint density at radius 1 is 1.22 bits per heavy atom. The Balaban J connectivity index is 2.43. The highest BCUT2D eigenvalue weighted by atomic mass is 35.5. The van der Waals surface area contributed by atoms with Crippen molar-refractivity contribution in [2.24, 2.45) is 0 Å². The molecule has 0 heterocycles. The third kappa shape index (κ3) is 3.91. The van der Waals surface area contributed by atoms with Crippen molar-refractivity contribution >= 4 is 34.9 Å². The molecule has 6 nitrogen and oxygen atoms in total. The zero-order chi connectivity index (χ0) is 17.0. The van der Waals surface area contributed by atoms with Gasteiger partial charge in [0.2, 0.25) is 0 Å². The number of halogens is 2. The van der Waals surface area contributed by atoms with Crippen molar-refractivity contribution in [3.8, 4) is 11.5 Å². The summed E-state index contributed by atoms with van der Waals surface area (Å²) in [5, 5.41) is 11.6. The SMILES string of the molecule is CCOC(=O)c1cc(Oc2c(Cl)cccc2Cl)ccc1[N+](=O)[O-]. The number of hydrogen-bond donors (Lipinski definition) is 0. The van der Waals surface area contributed by atoms with Gasteiger partial charge in [-0.25, -0.2) is 4.79 Å². The average molecular weight is 356 g/mol. The smallest absolute Gasteiger partial charge is 0.345 e. The van der Waals surface area contributed by atoms with Crippen LogP contribution in [-0.2, 0) is 4.74 Å². The van der Waals surface area contributed by atoms with Gasteiger partial charge in [-0.3, -0.25) is 10.1 Å². The summed E-state index contributed by atoms with van der Waals surface area (Å²) < 4.78 is 10.4. The molecule has 8 heteroatoms. The van der Waals surface area contributed by atoms with Crippen LogP contribution < -0.4 is 4.74 Å². The molecule has 120 valence electrons. The van der Waals surface area contributed by atoms with E-state index in [4.69, 9.17) is 32.7 Å². The van der Waals surface area contributed by atoms with Crippen LogP contribution in [0, 0.1) is 10.1 Å². The predicted molar refractivity (Wildman–Crippen MR) is 85.6 cm³/mol. The molecule has 0 bridgehead atoms. The van der Waals surface area contributed by atoms with Gasteiger partial charge in [0.1, 0.15) is 11.3 Å². The van der Waals surface area contributed by atoms with Gasteiger partial charge in [0, 0.05) is 12.1 Å². The van der Waals surface area contributed by atoms with Gasteiger partial charge >= 0.3 is 5.97 Å². The highest BCUT2D eigenvalue weighted by molar-refractivity contribution is 6.37. The van der Waals surface area contributed by atoms with Gasteiger partial charge in [-0.1, -0.05) is 29.3 Å². The third-order valence-electron chi connectivity index (χ3n) is 2.80. The highest BCUT2D eigenvalue weighted by Crippen LogP contribution is 2.37. The van der Waals surface area contributed by atoms with Crippen molar-refractivity contribution in [2.45, 2.75) is 6.92 Å². The quantitative estimate of drug-likeness (QED) is 0.434. The van der Waals surface area contributed by atoms with Crippen molar-refractivity contribution in [1.29, 1.82) is 0 Å². The Morgan fingerprint density at radius 2 is 1.87 bits per heavy atom. The zero-order valence-corrected chi connectivity index (χ0v) is 13.4. The number of para-hydroxylation sites is 1. The molecule has 0 aliphatic heterocycles. The standard InChI is InChI=1S/C15H11Cl2NO5/c1-2-22-15(19)10-8-9(6-7-13(10)18(20)21)23-14-11(16)4-3-5-12(14)17/h3-8H,2H2,1H3. The van der Waals surface area contributed by atoms with Crippen LogP contribution in [0.5, 0.6) is 11.5 Å². The summed E-state index contributed by atoms with van der Waals surface area (Å²) in [5.41, 5.74) is -0.585. The lowest BCUT2D eigenvalue weighted by Gasteiger charge is -2.10. The molecule has 0 unspecified atom stereocenters. The van der Waals surface area contributed by atoms with Crippen LogP contribution in [-0.4, -0.2) is 17.5 Å². The number of nitro groups is 1. The summed E-state index contributed by atoms with van der Waals surface area (Å²) in [7, 11) is 0. The molecule has 0 saturated heterocycles. The summed E-state index contributed by atoms with van der Waals surface area (Å²) >= 11 is 12.0. The van der Waals surface area contributed by atoms with Crippen molar-refractivity contribution in [3.63, 3.8) is 0 Å². The summed E-state index contributed by atoms with van der Waals surface area (Å²) in [5.74, 6) is -0.442. The number of carbonyl (C=O) groups excluding carboxylic acids is 1. The monoisotopic (exact) mass is 355 g/mol. The minimum Gasteiger partial charge on any atom is -0.462 e. The van der Waals surface area contributed by atoms with Crippen molar-refractivity contribution in [2.75, 3.05) is 6.61 Å². The summed E-state index contributed by atoms with van der Waals surface area (Å²) in [6.45, 7) is 1.70. The molecule has 0 amide bonds. The molecule has 0 saturated carbocycles. The highest BCUT2D eigenvalue weighted by Gasteiger charge is 2.22. The Kier molecular flexibility index (Phi) is 5.41. The molecular weight excluding hydrogens is 345 g/mol. The van der Waals surface area contributed by atoms with Gasteiger partial charge in [0.05, 0.1) is 21.6 Å². The number of nitrogens with zero attached hydrogens (tertiary/aromatic N) is 1. The fourth-order valence-corrected chi connectivity index (χ4v) is 2.28. The molecule has 2 aromatic rings. The van der Waals surface area contributed by atoms with Crippen LogP contribution >= 0.6 is 23.2 Å². The van der Waals surface area contributed by atoms with Gasteiger partial charge in [0.15, 0.2) is 5.75 Å². The third-order valence-corrected chi connectivity index (χ3v) is 3.39. The maximum Gasteiger partial charge on any atom is 0.345 e. The molecule has 2 aromatic carbocycles. The van der Waals surface area contributed by atoms with E-state index in [2.05, 4.69) is 0 Å². The van der Waals surface area contributed by atoms with E-state index in [0.29, 0.717) is 0 Å². The van der Waals surface area contributed by atoms with E-state index in [1.807, 2.05) is 0 Å². The van der Waals surface area contributed by atoms with Gasteiger partial charge in [-0.15, -0.1) is 0 Å². The van der Waals surface area contributed by atoms with Gasteiger partial charge < -0.3 is 9.47 Å². The number of esters is 1. The minimum absolute atomic E-state index is 0.0947. The first kappa shape index (κ1) is 17.1. The summed E-state index contributed by atoms with van der Waals surface area (Å²) in [6, 6.07) is 8.54. The molecule has 0 spiro atoms. The Labute approximate surface area is 141 Å². The van der Waals surface area contributed by atoms with E-state index in [1.54, 1.807) is 25.1 Å². The van der Waals surface area contributed by atoms with Crippen molar-refractivity contribution in [1.82, 2.24) is 0 Å². The van der Waals surface area contributed by atoms with Crippen LogP contribution in [0.1, 0.15) is 17.3 Å². The van der Waals surface area contributed by atoms with E-state index >= 15 is 0 Å². The molecular formula is C15H11Cl2NO5. The second-order valence-electron chi connectivity index (χ2n) is 4.31. The van der Waals surface area contributed by atoms with Crippen LogP contribution in [0.25, 0.3) is 0 Å². The lowest BCUT2D eigenvalue weighted by molar-refractivity contribution is -0.385. The molecule has 0 aromatic heterocycles. The lowest BCUT2D eigenvalue weighted by atomic mass is 10.1. The first-order chi connectivity index (χ1) is 10.9. The fraction of sp³-hybridized carbons (Fsp3) is 0.133. The molecule has 0 N–H and O–H groups in total. The van der Waals surface area contributed by atoms with Crippen LogP contribution in [0.4, 0.5) is 5.69 Å². The summed E-state index contributed by atoms with van der Waals surface area (Å²) in [4.78, 5) is 22.2. The summed E-state index contributed by atoms with van der Waals surface area (Å²) in [6.07, 6.45) is 0. The maximum atomic E-state index is 11.9. The molecule has 23 heavy (non-hydrogen) atoms. The predicted octanol–water partition coefficient (Wildman–Crippen LogP) is 4.87. The number of nitro benzene ring substituents is 1. The normalized spacial score (nSPS) is 10.2. The number of carbonyl (C=O) groups is 1. The molecule has 0 atom stereocenters. The second kappa shape index (κ2) is 7.30. The number of rotatable bonds is 5. The van der Waals surface area contributed by atoms with Crippen LogP contribution in [0.3, 0.4) is 0 Å². The Hall–Kier alpha value is -2.31. The van der Waals surface area contributed by atoms with E-state index in [-0.39, 0.29) is 39.4 Å². The van der Waals surface area contributed by atoms with E-state index in [9.17, 15) is 14.9 Å². The van der Waals surface area contributed by atoms with Gasteiger partial charge in [0.25, 0.3) is 5.69 Å².